The number of ether oxygens (including phenoxy) is 4. The van der Waals surface area contributed by atoms with E-state index in [-0.39, 0.29) is 10.3 Å². The number of nitrogens with zero attached hydrogens (tertiary/aromatic N) is 1. The predicted octanol–water partition coefficient (Wildman–Crippen LogP) is 4.66. The minimum atomic E-state index is -0.664. The summed E-state index contributed by atoms with van der Waals surface area (Å²) in [5.74, 6) is 0.558. The van der Waals surface area contributed by atoms with E-state index in [4.69, 9.17) is 14.2 Å². The van der Waals surface area contributed by atoms with Crippen LogP contribution in [0.2, 0.25) is 0 Å². The van der Waals surface area contributed by atoms with Crippen LogP contribution in [0, 0.1) is 0 Å². The smallest absolute Gasteiger partial charge is 0.325 e. The number of methoxy groups -OCH3 is 2. The van der Waals surface area contributed by atoms with Crippen LogP contribution in [0.1, 0.15) is 31.9 Å². The molecule has 0 aromatic heterocycles. The molecule has 0 N–H and O–H groups in total. The zero-order chi connectivity index (χ0) is 25.6. The van der Waals surface area contributed by atoms with Crippen LogP contribution < -0.4 is 14.2 Å². The second-order valence-corrected chi connectivity index (χ2v) is 9.72. The summed E-state index contributed by atoms with van der Waals surface area (Å²) in [4.78, 5) is 37.1. The van der Waals surface area contributed by atoms with Gasteiger partial charge in [0.15, 0.2) is 11.5 Å². The summed E-state index contributed by atoms with van der Waals surface area (Å²) in [6, 6.07) is 13.2. The van der Waals surface area contributed by atoms with Crippen molar-refractivity contribution in [2.75, 3.05) is 34.0 Å². The Morgan fingerprint density at radius 3 is 2.29 bits per heavy atom. The van der Waals surface area contributed by atoms with Gasteiger partial charge >= 0.3 is 5.97 Å². The van der Waals surface area contributed by atoms with Crippen LogP contribution in [-0.2, 0) is 19.7 Å². The summed E-state index contributed by atoms with van der Waals surface area (Å²) in [6.45, 7) is 6.73. The molecule has 0 unspecified atom stereocenters. The quantitative estimate of drug-likeness (QED) is 0.280. The minimum absolute atomic E-state index is 0.0853. The van der Waals surface area contributed by atoms with Gasteiger partial charge in [0.1, 0.15) is 25.5 Å². The lowest BCUT2D eigenvalue weighted by Gasteiger charge is -2.19. The van der Waals surface area contributed by atoms with Gasteiger partial charge < -0.3 is 18.9 Å². The highest BCUT2D eigenvalue weighted by molar-refractivity contribution is 8.18. The van der Waals surface area contributed by atoms with Crippen LogP contribution in [0.4, 0.5) is 4.79 Å². The first kappa shape index (κ1) is 26.2. The van der Waals surface area contributed by atoms with Crippen molar-refractivity contribution in [2.24, 2.45) is 0 Å². The van der Waals surface area contributed by atoms with Crippen LogP contribution in [0.25, 0.3) is 6.08 Å². The number of amides is 2. The maximum Gasteiger partial charge on any atom is 0.325 e. The van der Waals surface area contributed by atoms with Crippen molar-refractivity contribution in [1.82, 2.24) is 4.90 Å². The Morgan fingerprint density at radius 2 is 1.66 bits per heavy atom. The number of thioether (sulfide) groups is 1. The molecule has 0 atom stereocenters. The fourth-order valence-corrected chi connectivity index (χ4v) is 4.08. The second kappa shape index (κ2) is 11.3. The van der Waals surface area contributed by atoms with Gasteiger partial charge in [0.05, 0.1) is 19.1 Å². The summed E-state index contributed by atoms with van der Waals surface area (Å²) in [5, 5.41) is -0.522. The predicted molar refractivity (Wildman–Crippen MR) is 134 cm³/mol. The SMILES string of the molecule is COC(=O)CN1C(=O)S/C(=C\c2ccc(OCCOc3ccc(C(C)(C)C)cc3)c(OC)c2)C1=O. The highest BCUT2D eigenvalue weighted by atomic mass is 32.2. The number of carbonyl (C=O) groups is 3. The Hall–Kier alpha value is -3.46. The van der Waals surface area contributed by atoms with Crippen molar-refractivity contribution >= 4 is 35.0 Å². The molecule has 1 aliphatic heterocycles. The standard InChI is InChI=1S/C26H29NO7S/c1-26(2,3)18-7-9-19(10-8-18)33-12-13-34-20-11-6-17(14-21(20)31-4)15-22-24(29)27(25(30)35-22)16-23(28)32-5/h6-11,14-15H,12-13,16H2,1-5H3/b22-15-. The fourth-order valence-electron chi connectivity index (χ4n) is 3.24. The van der Waals surface area contributed by atoms with E-state index in [0.717, 1.165) is 22.4 Å². The number of rotatable bonds is 9. The van der Waals surface area contributed by atoms with Crippen molar-refractivity contribution < 1.29 is 33.3 Å². The largest absolute Gasteiger partial charge is 0.493 e. The molecule has 1 aliphatic rings. The lowest BCUT2D eigenvalue weighted by molar-refractivity contribution is -0.143. The molecule has 0 radical (unpaired) electrons. The van der Waals surface area contributed by atoms with Crippen LogP contribution in [0.5, 0.6) is 17.2 Å². The number of esters is 1. The molecule has 35 heavy (non-hydrogen) atoms. The van der Waals surface area contributed by atoms with Crippen LogP contribution in [-0.4, -0.2) is 56.0 Å². The lowest BCUT2D eigenvalue weighted by atomic mass is 9.87. The normalized spacial score (nSPS) is 14.9. The monoisotopic (exact) mass is 499 g/mol. The van der Waals surface area contributed by atoms with Gasteiger partial charge in [0.25, 0.3) is 11.1 Å². The van der Waals surface area contributed by atoms with E-state index in [2.05, 4.69) is 37.6 Å². The maximum atomic E-state index is 12.5. The van der Waals surface area contributed by atoms with Gasteiger partial charge in [-0.2, -0.15) is 0 Å². The number of hydrogen-bond acceptors (Lipinski definition) is 8. The third-order valence-corrected chi connectivity index (χ3v) is 6.11. The fraction of sp³-hybridized carbons (Fsp3) is 0.346. The van der Waals surface area contributed by atoms with E-state index in [0.29, 0.717) is 30.3 Å². The van der Waals surface area contributed by atoms with Gasteiger partial charge in [-0.25, -0.2) is 0 Å². The van der Waals surface area contributed by atoms with Gasteiger partial charge in [0, 0.05) is 0 Å². The molecule has 1 saturated heterocycles. The molecule has 1 heterocycles. The van der Waals surface area contributed by atoms with Gasteiger partial charge in [0.2, 0.25) is 0 Å². The summed E-state index contributed by atoms with van der Waals surface area (Å²) < 4.78 is 21.5. The average molecular weight is 500 g/mol. The third-order valence-electron chi connectivity index (χ3n) is 5.20. The molecule has 0 bridgehead atoms. The molecule has 3 rings (SSSR count). The highest BCUT2D eigenvalue weighted by Gasteiger charge is 2.36. The van der Waals surface area contributed by atoms with E-state index < -0.39 is 23.7 Å². The van der Waals surface area contributed by atoms with E-state index >= 15 is 0 Å². The van der Waals surface area contributed by atoms with Gasteiger partial charge in [-0.1, -0.05) is 39.0 Å². The molecule has 1 fully saturated rings. The Morgan fingerprint density at radius 1 is 0.971 bits per heavy atom. The van der Waals surface area contributed by atoms with Crippen LogP contribution in [0.3, 0.4) is 0 Å². The summed E-state index contributed by atoms with van der Waals surface area (Å²) in [7, 11) is 2.72. The zero-order valence-corrected chi connectivity index (χ0v) is 21.3. The molecular formula is C26H29NO7S. The number of imide groups is 1. The number of benzene rings is 2. The Labute approximate surface area is 209 Å². The van der Waals surface area contributed by atoms with Crippen LogP contribution in [0.15, 0.2) is 47.4 Å². The van der Waals surface area contributed by atoms with E-state index in [9.17, 15) is 14.4 Å². The first-order valence-electron chi connectivity index (χ1n) is 11.0. The zero-order valence-electron chi connectivity index (χ0n) is 20.5. The van der Waals surface area contributed by atoms with E-state index in [1.165, 1.54) is 19.8 Å². The second-order valence-electron chi connectivity index (χ2n) is 8.73. The molecule has 0 aliphatic carbocycles. The van der Waals surface area contributed by atoms with Crippen molar-refractivity contribution in [3.63, 3.8) is 0 Å². The van der Waals surface area contributed by atoms with Gasteiger partial charge in [-0.05, 0) is 58.6 Å². The first-order chi connectivity index (χ1) is 16.6. The maximum absolute atomic E-state index is 12.5. The average Bonchev–Trinajstić information content (AvgIpc) is 3.09. The first-order valence-corrected chi connectivity index (χ1v) is 11.8. The molecule has 186 valence electrons. The number of hydrogen-bond donors (Lipinski definition) is 0. The highest BCUT2D eigenvalue weighted by Crippen LogP contribution is 2.34. The molecule has 2 aromatic rings. The lowest BCUT2D eigenvalue weighted by Crippen LogP contribution is -2.34. The molecule has 9 heteroatoms. The van der Waals surface area contributed by atoms with E-state index in [1.807, 2.05) is 12.1 Å². The summed E-state index contributed by atoms with van der Waals surface area (Å²) in [6.07, 6.45) is 1.57. The molecule has 2 aromatic carbocycles. The molecule has 8 nitrogen and oxygen atoms in total. The minimum Gasteiger partial charge on any atom is -0.493 e. The molecule has 0 spiro atoms. The summed E-state index contributed by atoms with van der Waals surface area (Å²) in [5.41, 5.74) is 1.97. The van der Waals surface area contributed by atoms with E-state index in [1.54, 1.807) is 24.3 Å². The van der Waals surface area contributed by atoms with Gasteiger partial charge in [-0.3, -0.25) is 19.3 Å². The van der Waals surface area contributed by atoms with Crippen molar-refractivity contribution in [3.8, 4) is 17.2 Å². The topological polar surface area (TPSA) is 91.4 Å². The summed E-state index contributed by atoms with van der Waals surface area (Å²) >= 11 is 0.766. The van der Waals surface area contributed by atoms with Gasteiger partial charge in [-0.15, -0.1) is 0 Å². The molecule has 0 saturated carbocycles. The third kappa shape index (κ3) is 6.79. The molecule has 2 amide bonds. The molecular weight excluding hydrogens is 470 g/mol. The van der Waals surface area contributed by atoms with Crippen molar-refractivity contribution in [3.05, 3.63) is 58.5 Å². The van der Waals surface area contributed by atoms with Crippen molar-refractivity contribution in [2.45, 2.75) is 26.2 Å². The Balaban J connectivity index is 1.59. The van der Waals surface area contributed by atoms with Crippen LogP contribution >= 0.6 is 11.8 Å². The number of carbonyl (C=O) groups excluding carboxylic acids is 3. The Kier molecular flexibility index (Phi) is 8.45. The Bertz CT molecular complexity index is 1120. The van der Waals surface area contributed by atoms with Crippen molar-refractivity contribution in [1.29, 1.82) is 0 Å².